The van der Waals surface area contributed by atoms with Crippen molar-refractivity contribution < 1.29 is 8.42 Å². The molecule has 0 amide bonds. The van der Waals surface area contributed by atoms with Crippen molar-refractivity contribution in [3.63, 3.8) is 0 Å². The molecule has 16 heavy (non-hydrogen) atoms. The largest absolute Gasteiger partial charge is 0.313 e. The van der Waals surface area contributed by atoms with E-state index in [4.69, 9.17) is 0 Å². The molecule has 1 rings (SSSR count). The van der Waals surface area contributed by atoms with Gasteiger partial charge in [0.25, 0.3) is 0 Å². The van der Waals surface area contributed by atoms with E-state index in [1.54, 1.807) is 6.92 Å². The Kier molecular flexibility index (Phi) is 5.21. The third-order valence-electron chi connectivity index (χ3n) is 2.90. The summed E-state index contributed by atoms with van der Waals surface area (Å²) in [5.41, 5.74) is 0. The van der Waals surface area contributed by atoms with E-state index in [1.807, 2.05) is 13.8 Å². The van der Waals surface area contributed by atoms with Crippen LogP contribution >= 0.6 is 0 Å². The second-order valence-electron chi connectivity index (χ2n) is 5.04. The highest BCUT2D eigenvalue weighted by molar-refractivity contribution is 7.90. The van der Waals surface area contributed by atoms with Crippen molar-refractivity contribution >= 4 is 10.0 Å². The molecule has 1 unspecified atom stereocenters. The maximum atomic E-state index is 11.8. The highest BCUT2D eigenvalue weighted by atomic mass is 32.2. The molecular weight excluding hydrogens is 224 g/mol. The molecule has 0 heterocycles. The van der Waals surface area contributed by atoms with Crippen molar-refractivity contribution in [1.82, 2.24) is 10.0 Å². The van der Waals surface area contributed by atoms with Crippen molar-refractivity contribution in [3.8, 4) is 0 Å². The molecular formula is C11H24N2O2S. The van der Waals surface area contributed by atoms with Gasteiger partial charge in [-0.15, -0.1) is 0 Å². The van der Waals surface area contributed by atoms with E-state index >= 15 is 0 Å². The molecule has 0 bridgehead atoms. The second kappa shape index (κ2) is 5.98. The lowest BCUT2D eigenvalue weighted by Crippen LogP contribution is -2.41. The summed E-state index contributed by atoms with van der Waals surface area (Å²) < 4.78 is 26.3. The average Bonchev–Trinajstić information content (AvgIpc) is 2.97. The fourth-order valence-electron chi connectivity index (χ4n) is 1.47. The second-order valence-corrected chi connectivity index (χ2v) is 7.23. The Bertz CT molecular complexity index is 297. The minimum absolute atomic E-state index is 0.323. The van der Waals surface area contributed by atoms with Gasteiger partial charge in [0.2, 0.25) is 10.0 Å². The lowest BCUT2D eigenvalue weighted by molar-refractivity contribution is 0.537. The zero-order chi connectivity index (χ0) is 12.2. The molecule has 1 aliphatic carbocycles. The first-order chi connectivity index (χ1) is 7.42. The number of rotatable bonds is 8. The summed E-state index contributed by atoms with van der Waals surface area (Å²) in [6.45, 7) is 6.88. The van der Waals surface area contributed by atoms with Crippen LogP contribution in [0.2, 0.25) is 0 Å². The van der Waals surface area contributed by atoms with Crippen LogP contribution in [0.1, 0.15) is 40.0 Å². The molecule has 5 heteroatoms. The first kappa shape index (κ1) is 13.9. The van der Waals surface area contributed by atoms with Crippen LogP contribution in [0.4, 0.5) is 0 Å². The summed E-state index contributed by atoms with van der Waals surface area (Å²) in [6, 6.07) is 0.323. The third kappa shape index (κ3) is 5.27. The van der Waals surface area contributed by atoms with E-state index < -0.39 is 10.0 Å². The van der Waals surface area contributed by atoms with Crippen LogP contribution in [0.25, 0.3) is 0 Å². The number of sulfonamides is 1. The van der Waals surface area contributed by atoms with Crippen LogP contribution in [-0.2, 0) is 10.0 Å². The number of hydrogen-bond donors (Lipinski definition) is 2. The monoisotopic (exact) mass is 248 g/mol. The van der Waals surface area contributed by atoms with Crippen LogP contribution in [-0.4, -0.2) is 32.8 Å². The van der Waals surface area contributed by atoms with E-state index in [0.29, 0.717) is 19.1 Å². The standard InChI is InChI=1S/C11H24N2O2S/c1-9(2)12-8-10(3)16(14,15)13-7-6-11-4-5-11/h9-13H,4-8H2,1-3H3. The minimum Gasteiger partial charge on any atom is -0.313 e. The normalized spacial score (nSPS) is 19.0. The van der Waals surface area contributed by atoms with Crippen molar-refractivity contribution in [2.24, 2.45) is 5.92 Å². The SMILES string of the molecule is CC(C)NCC(C)S(=O)(=O)NCCC1CC1. The van der Waals surface area contributed by atoms with Crippen LogP contribution in [0.3, 0.4) is 0 Å². The van der Waals surface area contributed by atoms with Crippen LogP contribution in [0.5, 0.6) is 0 Å². The summed E-state index contributed by atoms with van der Waals surface area (Å²) in [4.78, 5) is 0. The van der Waals surface area contributed by atoms with Crippen LogP contribution in [0, 0.1) is 5.92 Å². The summed E-state index contributed by atoms with van der Waals surface area (Å²) in [6.07, 6.45) is 3.53. The van der Waals surface area contributed by atoms with Gasteiger partial charge in [-0.3, -0.25) is 0 Å². The van der Waals surface area contributed by atoms with Gasteiger partial charge in [-0.1, -0.05) is 26.7 Å². The zero-order valence-electron chi connectivity index (χ0n) is 10.5. The molecule has 0 aromatic carbocycles. The Balaban J connectivity index is 2.23. The maximum absolute atomic E-state index is 11.8. The maximum Gasteiger partial charge on any atom is 0.215 e. The number of hydrogen-bond acceptors (Lipinski definition) is 3. The zero-order valence-corrected chi connectivity index (χ0v) is 11.3. The molecule has 4 nitrogen and oxygen atoms in total. The Morgan fingerprint density at radius 2 is 1.88 bits per heavy atom. The minimum atomic E-state index is -3.14. The molecule has 0 aromatic heterocycles. The van der Waals surface area contributed by atoms with Gasteiger partial charge >= 0.3 is 0 Å². The summed E-state index contributed by atoms with van der Waals surface area (Å²) in [5, 5.41) is 2.78. The van der Waals surface area contributed by atoms with E-state index in [1.165, 1.54) is 12.8 Å². The molecule has 1 fully saturated rings. The van der Waals surface area contributed by atoms with Gasteiger partial charge in [-0.25, -0.2) is 13.1 Å². The summed E-state index contributed by atoms with van der Waals surface area (Å²) in [5.74, 6) is 0.770. The first-order valence-electron chi connectivity index (χ1n) is 6.13. The average molecular weight is 248 g/mol. The van der Waals surface area contributed by atoms with Crippen LogP contribution in [0.15, 0.2) is 0 Å². The third-order valence-corrected chi connectivity index (χ3v) is 4.73. The predicted molar refractivity (Wildman–Crippen MR) is 66.9 cm³/mol. The molecule has 0 spiro atoms. The molecule has 0 saturated heterocycles. The molecule has 2 N–H and O–H groups in total. The Morgan fingerprint density at radius 1 is 1.25 bits per heavy atom. The van der Waals surface area contributed by atoms with E-state index in [-0.39, 0.29) is 5.25 Å². The summed E-state index contributed by atoms with van der Waals surface area (Å²) in [7, 11) is -3.14. The van der Waals surface area contributed by atoms with Gasteiger partial charge in [-0.2, -0.15) is 0 Å². The van der Waals surface area contributed by atoms with Crippen molar-refractivity contribution in [2.45, 2.75) is 51.3 Å². The quantitative estimate of drug-likeness (QED) is 0.676. The first-order valence-corrected chi connectivity index (χ1v) is 7.68. The van der Waals surface area contributed by atoms with Gasteiger partial charge in [-0.05, 0) is 19.3 Å². The van der Waals surface area contributed by atoms with E-state index in [9.17, 15) is 8.42 Å². The van der Waals surface area contributed by atoms with Crippen molar-refractivity contribution in [1.29, 1.82) is 0 Å². The molecule has 96 valence electrons. The smallest absolute Gasteiger partial charge is 0.215 e. The van der Waals surface area contributed by atoms with Crippen molar-refractivity contribution in [3.05, 3.63) is 0 Å². The lowest BCUT2D eigenvalue weighted by atomic mass is 10.3. The fraction of sp³-hybridized carbons (Fsp3) is 1.00. The number of nitrogens with one attached hydrogen (secondary N) is 2. The fourth-order valence-corrected chi connectivity index (χ4v) is 2.47. The molecule has 1 aliphatic rings. The Labute approximate surface area is 99.2 Å². The highest BCUT2D eigenvalue weighted by Crippen LogP contribution is 2.31. The highest BCUT2D eigenvalue weighted by Gasteiger charge is 2.23. The van der Waals surface area contributed by atoms with Gasteiger partial charge in [0.05, 0.1) is 5.25 Å². The molecule has 0 aromatic rings. The molecule has 0 aliphatic heterocycles. The lowest BCUT2D eigenvalue weighted by Gasteiger charge is -2.16. The van der Waals surface area contributed by atoms with Crippen molar-refractivity contribution in [2.75, 3.05) is 13.1 Å². The molecule has 1 saturated carbocycles. The van der Waals surface area contributed by atoms with Gasteiger partial charge < -0.3 is 5.32 Å². The predicted octanol–water partition coefficient (Wildman–Crippen LogP) is 1.09. The van der Waals surface area contributed by atoms with Crippen LogP contribution < -0.4 is 10.0 Å². The van der Waals surface area contributed by atoms with E-state index in [0.717, 1.165) is 12.3 Å². The van der Waals surface area contributed by atoms with Gasteiger partial charge in [0.1, 0.15) is 0 Å². The van der Waals surface area contributed by atoms with E-state index in [2.05, 4.69) is 10.0 Å². The topological polar surface area (TPSA) is 58.2 Å². The van der Waals surface area contributed by atoms with Gasteiger partial charge in [0.15, 0.2) is 0 Å². The molecule has 1 atom stereocenters. The Hall–Kier alpha value is -0.130. The Morgan fingerprint density at radius 3 is 2.38 bits per heavy atom. The summed E-state index contributed by atoms with van der Waals surface area (Å²) >= 11 is 0. The molecule has 0 radical (unpaired) electrons. The van der Waals surface area contributed by atoms with Gasteiger partial charge in [0, 0.05) is 19.1 Å².